The molecule has 176 valence electrons. The van der Waals surface area contributed by atoms with E-state index in [4.69, 9.17) is 14.7 Å². The van der Waals surface area contributed by atoms with E-state index >= 15 is 0 Å². The Bertz CT molecular complexity index is 1000. The maximum Gasteiger partial charge on any atom is 0.414 e. The molecule has 2 aromatic rings. The third-order valence-electron chi connectivity index (χ3n) is 4.61. The molecule has 1 aliphatic heterocycles. The second-order valence-corrected chi connectivity index (χ2v) is 6.97. The number of halogens is 1. The van der Waals surface area contributed by atoms with Gasteiger partial charge in [0.25, 0.3) is 5.91 Å². The number of cyclic esters (lactones) is 1. The number of amides is 2. The SMILES string of the molecule is CC(=O)OCC(=O)NCCN(C=N)c1ccc(N2CC(CNc3ccon3)OC2=O)cc1F. The van der Waals surface area contributed by atoms with E-state index in [-0.39, 0.29) is 25.3 Å². The van der Waals surface area contributed by atoms with Gasteiger partial charge in [0, 0.05) is 26.1 Å². The van der Waals surface area contributed by atoms with E-state index in [1.807, 2.05) is 0 Å². The summed E-state index contributed by atoms with van der Waals surface area (Å²) in [7, 11) is 0. The number of aromatic nitrogens is 1. The molecule has 13 heteroatoms. The third kappa shape index (κ3) is 6.41. The van der Waals surface area contributed by atoms with Crippen molar-refractivity contribution in [3.8, 4) is 0 Å². The van der Waals surface area contributed by atoms with Crippen LogP contribution in [0.2, 0.25) is 0 Å². The van der Waals surface area contributed by atoms with Crippen LogP contribution in [0.5, 0.6) is 0 Å². The minimum absolute atomic E-state index is 0.0926. The van der Waals surface area contributed by atoms with Gasteiger partial charge in [-0.1, -0.05) is 5.16 Å². The van der Waals surface area contributed by atoms with Crippen LogP contribution in [-0.4, -0.2) is 68.4 Å². The highest BCUT2D eigenvalue weighted by atomic mass is 19.1. The Kier molecular flexibility index (Phi) is 7.78. The molecule has 0 radical (unpaired) electrons. The fourth-order valence-electron chi connectivity index (χ4n) is 3.05. The summed E-state index contributed by atoms with van der Waals surface area (Å²) >= 11 is 0. The number of esters is 1. The molecule has 33 heavy (non-hydrogen) atoms. The monoisotopic (exact) mass is 462 g/mol. The molecule has 1 fully saturated rings. The normalized spacial score (nSPS) is 15.0. The topological polar surface area (TPSA) is 150 Å². The van der Waals surface area contributed by atoms with Crippen LogP contribution in [0.25, 0.3) is 0 Å². The smallest absolute Gasteiger partial charge is 0.414 e. The molecular weight excluding hydrogens is 439 g/mol. The molecule has 1 saturated heterocycles. The van der Waals surface area contributed by atoms with Crippen molar-refractivity contribution in [2.75, 3.05) is 47.9 Å². The van der Waals surface area contributed by atoms with Crippen molar-refractivity contribution in [2.45, 2.75) is 13.0 Å². The second kappa shape index (κ2) is 10.9. The van der Waals surface area contributed by atoms with Gasteiger partial charge >= 0.3 is 12.1 Å². The summed E-state index contributed by atoms with van der Waals surface area (Å²) in [4.78, 5) is 37.1. The van der Waals surface area contributed by atoms with Crippen molar-refractivity contribution in [3.63, 3.8) is 0 Å². The van der Waals surface area contributed by atoms with Gasteiger partial charge in [-0.05, 0) is 18.2 Å². The highest BCUT2D eigenvalue weighted by Crippen LogP contribution is 2.27. The number of anilines is 3. The highest BCUT2D eigenvalue weighted by Gasteiger charge is 2.32. The van der Waals surface area contributed by atoms with Gasteiger partial charge in [0.2, 0.25) is 0 Å². The molecule has 3 rings (SSSR count). The Balaban J connectivity index is 1.55. The van der Waals surface area contributed by atoms with Gasteiger partial charge in [0.05, 0.1) is 30.8 Å². The van der Waals surface area contributed by atoms with E-state index in [1.165, 1.54) is 35.1 Å². The lowest BCUT2D eigenvalue weighted by atomic mass is 10.2. The van der Waals surface area contributed by atoms with Crippen LogP contribution < -0.4 is 20.4 Å². The first-order valence-corrected chi connectivity index (χ1v) is 9.96. The maximum atomic E-state index is 14.8. The lowest BCUT2D eigenvalue weighted by molar-refractivity contribution is -0.146. The largest absolute Gasteiger partial charge is 0.456 e. The number of benzene rings is 1. The molecule has 1 unspecified atom stereocenters. The fraction of sp³-hybridized carbons (Fsp3) is 0.350. The van der Waals surface area contributed by atoms with Crippen molar-refractivity contribution in [1.29, 1.82) is 5.41 Å². The number of carbonyl (C=O) groups is 3. The van der Waals surface area contributed by atoms with E-state index in [2.05, 4.69) is 20.5 Å². The second-order valence-electron chi connectivity index (χ2n) is 6.97. The average Bonchev–Trinajstić information content (AvgIpc) is 3.43. The number of rotatable bonds is 11. The Morgan fingerprint density at radius 3 is 2.91 bits per heavy atom. The third-order valence-corrected chi connectivity index (χ3v) is 4.61. The summed E-state index contributed by atoms with van der Waals surface area (Å²) in [6.45, 7) is 1.49. The van der Waals surface area contributed by atoms with Crippen LogP contribution in [0.15, 0.2) is 35.1 Å². The van der Waals surface area contributed by atoms with E-state index in [0.29, 0.717) is 18.1 Å². The molecule has 2 heterocycles. The number of hydrogen-bond acceptors (Lipinski definition) is 9. The van der Waals surface area contributed by atoms with Gasteiger partial charge in [-0.2, -0.15) is 0 Å². The number of nitrogens with one attached hydrogen (secondary N) is 3. The molecule has 1 atom stereocenters. The Morgan fingerprint density at radius 1 is 1.42 bits per heavy atom. The molecule has 12 nitrogen and oxygen atoms in total. The molecule has 2 amide bonds. The van der Waals surface area contributed by atoms with Gasteiger partial charge in [0.1, 0.15) is 18.2 Å². The van der Waals surface area contributed by atoms with Crippen LogP contribution in [0.4, 0.5) is 26.4 Å². The highest BCUT2D eigenvalue weighted by molar-refractivity contribution is 5.90. The Morgan fingerprint density at radius 2 is 2.24 bits per heavy atom. The van der Waals surface area contributed by atoms with Gasteiger partial charge in [-0.15, -0.1) is 0 Å². The van der Waals surface area contributed by atoms with Crippen LogP contribution in [-0.2, 0) is 19.1 Å². The summed E-state index contributed by atoms with van der Waals surface area (Å²) < 4.78 is 29.4. The zero-order valence-electron chi connectivity index (χ0n) is 17.7. The lowest BCUT2D eigenvalue weighted by Crippen LogP contribution is -2.36. The Hall–Kier alpha value is -4.16. The molecular formula is C20H23FN6O6. The number of hydrogen-bond donors (Lipinski definition) is 3. The van der Waals surface area contributed by atoms with Crippen molar-refractivity contribution < 1.29 is 32.8 Å². The first-order valence-electron chi connectivity index (χ1n) is 9.96. The van der Waals surface area contributed by atoms with E-state index in [1.54, 1.807) is 12.1 Å². The van der Waals surface area contributed by atoms with E-state index < -0.39 is 36.5 Å². The number of ether oxygens (including phenoxy) is 2. The minimum Gasteiger partial charge on any atom is -0.456 e. The summed E-state index contributed by atoms with van der Waals surface area (Å²) in [5.41, 5.74) is 0.407. The van der Waals surface area contributed by atoms with Crippen LogP contribution in [0.3, 0.4) is 0 Å². The quantitative estimate of drug-likeness (QED) is 0.255. The molecule has 0 saturated carbocycles. The fourth-order valence-corrected chi connectivity index (χ4v) is 3.05. The molecule has 0 bridgehead atoms. The molecule has 1 aromatic heterocycles. The molecule has 1 aliphatic rings. The summed E-state index contributed by atoms with van der Waals surface area (Å²) in [6, 6.07) is 5.79. The average molecular weight is 462 g/mol. The van der Waals surface area contributed by atoms with Crippen LogP contribution in [0.1, 0.15) is 6.92 Å². The van der Waals surface area contributed by atoms with Crippen molar-refractivity contribution >= 4 is 41.5 Å². The van der Waals surface area contributed by atoms with Gasteiger partial charge in [-0.3, -0.25) is 19.9 Å². The predicted molar refractivity (Wildman–Crippen MR) is 115 cm³/mol. The van der Waals surface area contributed by atoms with Gasteiger partial charge in [-0.25, -0.2) is 9.18 Å². The summed E-state index contributed by atoms with van der Waals surface area (Å²) in [5, 5.41) is 16.7. The molecule has 0 spiro atoms. The van der Waals surface area contributed by atoms with Gasteiger partial charge < -0.3 is 29.5 Å². The zero-order chi connectivity index (χ0) is 23.8. The van der Waals surface area contributed by atoms with Crippen LogP contribution >= 0.6 is 0 Å². The standard InChI is InChI=1S/C20H23FN6O6/c1-13(28)31-11-19(29)23-5-6-26(12-22)17-3-2-14(8-16(17)21)27-10-15(33-20(27)30)9-24-18-4-7-32-25-18/h2-4,7-8,12,15,22H,5-6,9-11H2,1H3,(H,23,29)(H,24,25). The van der Waals surface area contributed by atoms with Crippen LogP contribution in [0, 0.1) is 11.2 Å². The maximum absolute atomic E-state index is 14.8. The predicted octanol–water partition coefficient (Wildman–Crippen LogP) is 1.34. The van der Waals surface area contributed by atoms with Crippen molar-refractivity contribution in [3.05, 3.63) is 36.3 Å². The summed E-state index contributed by atoms with van der Waals surface area (Å²) in [6.07, 6.45) is 1.26. The van der Waals surface area contributed by atoms with Crippen molar-refractivity contribution in [1.82, 2.24) is 10.5 Å². The molecule has 0 aliphatic carbocycles. The summed E-state index contributed by atoms with van der Waals surface area (Å²) in [5.74, 6) is -1.23. The van der Waals surface area contributed by atoms with E-state index in [0.717, 1.165) is 6.34 Å². The van der Waals surface area contributed by atoms with Crippen molar-refractivity contribution in [2.24, 2.45) is 0 Å². The zero-order valence-corrected chi connectivity index (χ0v) is 17.7. The number of carbonyl (C=O) groups excluding carboxylic acids is 3. The molecule has 3 N–H and O–H groups in total. The molecule has 1 aromatic carbocycles. The van der Waals surface area contributed by atoms with Gasteiger partial charge in [0.15, 0.2) is 12.4 Å². The first kappa shape index (κ1) is 23.5. The lowest BCUT2D eigenvalue weighted by Gasteiger charge is -2.21. The Labute approximate surface area is 188 Å². The first-order chi connectivity index (χ1) is 15.9. The minimum atomic E-state index is -0.654. The van der Waals surface area contributed by atoms with E-state index in [9.17, 15) is 18.8 Å². The number of nitrogens with zero attached hydrogens (tertiary/aromatic N) is 3.